The molecule has 1 amide bonds. The van der Waals surface area contributed by atoms with Crippen LogP contribution in [-0.2, 0) is 4.79 Å². The summed E-state index contributed by atoms with van der Waals surface area (Å²) in [4.78, 5) is 18.2. The van der Waals surface area contributed by atoms with Gasteiger partial charge in [0, 0.05) is 46.5 Å². The lowest BCUT2D eigenvalue weighted by Crippen LogP contribution is -2.30. The molecular weight excluding hydrogens is 510 g/mol. The van der Waals surface area contributed by atoms with E-state index in [-0.39, 0.29) is 18.0 Å². The van der Waals surface area contributed by atoms with Gasteiger partial charge in [-0.1, -0.05) is 22.0 Å². The Morgan fingerprint density at radius 3 is 2.41 bits per heavy atom. The van der Waals surface area contributed by atoms with Crippen molar-refractivity contribution in [2.75, 3.05) is 10.2 Å². The minimum atomic E-state index is -0.146. The van der Waals surface area contributed by atoms with Gasteiger partial charge in [-0.3, -0.25) is 9.78 Å². The van der Waals surface area contributed by atoms with Crippen LogP contribution in [0.4, 0.5) is 11.4 Å². The van der Waals surface area contributed by atoms with E-state index in [1.165, 1.54) is 6.92 Å². The van der Waals surface area contributed by atoms with Crippen LogP contribution in [0.25, 0.3) is 5.69 Å². The molecule has 0 bridgehead atoms. The molecule has 1 fully saturated rings. The Balaban J connectivity index is 1.61. The fourth-order valence-electron chi connectivity index (χ4n) is 4.31. The van der Waals surface area contributed by atoms with Gasteiger partial charge in [0.2, 0.25) is 5.91 Å². The van der Waals surface area contributed by atoms with Gasteiger partial charge in [-0.25, -0.2) is 0 Å². The topological polar surface area (TPSA) is 62.2 Å². The van der Waals surface area contributed by atoms with E-state index in [1.54, 1.807) is 6.20 Å². The molecule has 0 saturated carbocycles. The first kappa shape index (κ1) is 22.3. The Kier molecular flexibility index (Phi) is 6.17. The Morgan fingerprint density at radius 1 is 1.00 bits per heavy atom. The van der Waals surface area contributed by atoms with Crippen molar-refractivity contribution in [1.82, 2.24) is 14.9 Å². The van der Waals surface area contributed by atoms with Crippen molar-refractivity contribution < 1.29 is 4.79 Å². The first-order valence-corrected chi connectivity index (χ1v) is 12.0. The van der Waals surface area contributed by atoms with E-state index in [4.69, 9.17) is 12.2 Å². The maximum atomic E-state index is 11.4. The first-order chi connectivity index (χ1) is 16.5. The molecule has 1 aliphatic heterocycles. The number of nitrogens with one attached hydrogen (secondary N) is 2. The molecule has 0 radical (unpaired) electrons. The van der Waals surface area contributed by atoms with Crippen LogP contribution >= 0.6 is 28.1 Å². The standard InChI is InChI=1S/C26H22BrN5OS/c1-17(33)29-19-9-13-21(14-10-19)32-25(24(30-26(32)34)22-5-2-3-15-28-22)23-6-4-16-31(23)20-11-7-18(27)8-12-20/h2-16,24-25H,1H3,(H,29,33)(H,30,34)/t24-,25-/m1/s1. The van der Waals surface area contributed by atoms with Crippen molar-refractivity contribution >= 4 is 50.5 Å². The van der Waals surface area contributed by atoms with Gasteiger partial charge in [0.05, 0.1) is 11.7 Å². The zero-order valence-electron chi connectivity index (χ0n) is 18.4. The van der Waals surface area contributed by atoms with Crippen LogP contribution in [0.3, 0.4) is 0 Å². The number of rotatable bonds is 5. The molecule has 8 heteroatoms. The van der Waals surface area contributed by atoms with E-state index in [1.807, 2.05) is 60.7 Å². The summed E-state index contributed by atoms with van der Waals surface area (Å²) in [5, 5.41) is 6.94. The lowest BCUT2D eigenvalue weighted by atomic mass is 10.0. The number of halogens is 1. The third-order valence-corrected chi connectivity index (χ3v) is 6.60. The Bertz CT molecular complexity index is 1320. The summed E-state index contributed by atoms with van der Waals surface area (Å²) in [6.07, 6.45) is 3.86. The van der Waals surface area contributed by atoms with E-state index in [2.05, 4.69) is 65.4 Å². The maximum Gasteiger partial charge on any atom is 0.221 e. The first-order valence-electron chi connectivity index (χ1n) is 10.8. The molecule has 2 aromatic heterocycles. The van der Waals surface area contributed by atoms with Gasteiger partial charge in [-0.05, 0) is 85.0 Å². The number of hydrogen-bond donors (Lipinski definition) is 2. The van der Waals surface area contributed by atoms with Gasteiger partial charge in [-0.15, -0.1) is 0 Å². The molecule has 1 aliphatic rings. The van der Waals surface area contributed by atoms with E-state index in [0.717, 1.165) is 32.9 Å². The van der Waals surface area contributed by atoms with Crippen LogP contribution in [0.1, 0.15) is 30.4 Å². The normalized spacial score (nSPS) is 17.5. The monoisotopic (exact) mass is 531 g/mol. The summed E-state index contributed by atoms with van der Waals surface area (Å²) >= 11 is 9.36. The highest BCUT2D eigenvalue weighted by atomic mass is 79.9. The second-order valence-corrected chi connectivity index (χ2v) is 9.31. The Hall–Kier alpha value is -3.49. The molecule has 6 nitrogen and oxygen atoms in total. The maximum absolute atomic E-state index is 11.4. The molecule has 0 unspecified atom stereocenters. The molecule has 4 aromatic rings. The number of pyridine rings is 1. The zero-order valence-corrected chi connectivity index (χ0v) is 20.8. The van der Waals surface area contributed by atoms with Crippen LogP contribution in [-0.4, -0.2) is 20.6 Å². The summed E-state index contributed by atoms with van der Waals surface area (Å²) in [5.41, 5.74) is 4.72. The van der Waals surface area contributed by atoms with Crippen molar-refractivity contribution in [2.45, 2.75) is 19.0 Å². The molecule has 2 atom stereocenters. The second-order valence-electron chi connectivity index (χ2n) is 8.00. The average Bonchev–Trinajstić information content (AvgIpc) is 3.45. The Morgan fingerprint density at radius 2 is 1.74 bits per heavy atom. The molecule has 1 saturated heterocycles. The van der Waals surface area contributed by atoms with E-state index < -0.39 is 0 Å². The fraction of sp³-hybridized carbons (Fsp3) is 0.115. The number of anilines is 2. The predicted molar refractivity (Wildman–Crippen MR) is 142 cm³/mol. The van der Waals surface area contributed by atoms with Crippen LogP contribution in [0.2, 0.25) is 0 Å². The molecule has 5 rings (SSSR count). The van der Waals surface area contributed by atoms with Gasteiger partial charge in [-0.2, -0.15) is 0 Å². The average molecular weight is 532 g/mol. The second kappa shape index (κ2) is 9.40. The minimum absolute atomic E-state index is 0.105. The number of carbonyl (C=O) groups excluding carboxylic acids is 1. The molecule has 0 spiro atoms. The highest BCUT2D eigenvalue weighted by molar-refractivity contribution is 9.10. The fourth-order valence-corrected chi connectivity index (χ4v) is 4.92. The van der Waals surface area contributed by atoms with Crippen LogP contribution in [0, 0.1) is 0 Å². The number of carbonyl (C=O) groups is 1. The molecule has 2 aromatic carbocycles. The summed E-state index contributed by atoms with van der Waals surface area (Å²) in [7, 11) is 0. The van der Waals surface area contributed by atoms with E-state index >= 15 is 0 Å². The van der Waals surface area contributed by atoms with E-state index in [0.29, 0.717) is 5.11 Å². The molecule has 0 aliphatic carbocycles. The highest BCUT2D eigenvalue weighted by Gasteiger charge is 2.42. The SMILES string of the molecule is CC(=O)Nc1ccc(N2C(=S)N[C@H](c3ccccn3)[C@H]2c2cccn2-c2ccc(Br)cc2)cc1. The number of hydrogen-bond acceptors (Lipinski definition) is 3. The van der Waals surface area contributed by atoms with Crippen LogP contribution < -0.4 is 15.5 Å². The van der Waals surface area contributed by atoms with Gasteiger partial charge in [0.15, 0.2) is 5.11 Å². The summed E-state index contributed by atoms with van der Waals surface area (Å²) in [6.45, 7) is 1.50. The highest BCUT2D eigenvalue weighted by Crippen LogP contribution is 2.42. The molecular formula is C26H22BrN5OS. The number of amides is 1. The predicted octanol–water partition coefficient (Wildman–Crippen LogP) is 5.77. The smallest absolute Gasteiger partial charge is 0.221 e. The van der Waals surface area contributed by atoms with Crippen LogP contribution in [0.5, 0.6) is 0 Å². The lowest BCUT2D eigenvalue weighted by molar-refractivity contribution is -0.114. The quantitative estimate of drug-likeness (QED) is 0.320. The van der Waals surface area contributed by atoms with Crippen molar-refractivity contribution in [3.05, 3.63) is 107 Å². The van der Waals surface area contributed by atoms with Gasteiger partial charge >= 0.3 is 0 Å². The zero-order chi connectivity index (χ0) is 23.7. The van der Waals surface area contributed by atoms with Crippen molar-refractivity contribution in [3.8, 4) is 5.69 Å². The van der Waals surface area contributed by atoms with Gasteiger partial charge in [0.1, 0.15) is 6.04 Å². The van der Waals surface area contributed by atoms with Crippen LogP contribution in [0.15, 0.2) is 95.7 Å². The summed E-state index contributed by atoms with van der Waals surface area (Å²) < 4.78 is 3.21. The van der Waals surface area contributed by atoms with Gasteiger partial charge < -0.3 is 20.1 Å². The third kappa shape index (κ3) is 4.34. The van der Waals surface area contributed by atoms with Crippen molar-refractivity contribution in [1.29, 1.82) is 0 Å². The van der Waals surface area contributed by atoms with Crippen molar-refractivity contribution in [3.63, 3.8) is 0 Å². The number of thiocarbonyl (C=S) groups is 1. The minimum Gasteiger partial charge on any atom is -0.351 e. The molecule has 2 N–H and O–H groups in total. The van der Waals surface area contributed by atoms with Crippen molar-refractivity contribution in [2.24, 2.45) is 0 Å². The third-order valence-electron chi connectivity index (χ3n) is 5.75. The largest absolute Gasteiger partial charge is 0.351 e. The lowest BCUT2D eigenvalue weighted by Gasteiger charge is -2.29. The van der Waals surface area contributed by atoms with Gasteiger partial charge in [0.25, 0.3) is 0 Å². The van der Waals surface area contributed by atoms with E-state index in [9.17, 15) is 4.79 Å². The summed E-state index contributed by atoms with van der Waals surface area (Å²) in [6, 6.07) is 25.7. The summed E-state index contributed by atoms with van der Waals surface area (Å²) in [5.74, 6) is -0.105. The molecule has 170 valence electrons. The number of aromatic nitrogens is 2. The Labute approximate surface area is 211 Å². The molecule has 34 heavy (non-hydrogen) atoms. The number of benzene rings is 2. The molecule has 3 heterocycles. The number of nitrogens with zero attached hydrogens (tertiary/aromatic N) is 3.